The largest absolute Gasteiger partial charge is 0.459 e. The molecule has 0 saturated heterocycles. The molecule has 1 fully saturated rings. The highest BCUT2D eigenvalue weighted by Gasteiger charge is 2.38. The zero-order chi connectivity index (χ0) is 23.1. The topological polar surface area (TPSA) is 67.8 Å². The predicted octanol–water partition coefficient (Wildman–Crippen LogP) is 4.90. The number of rotatable bonds is 8. The van der Waals surface area contributed by atoms with Gasteiger partial charge in [0.15, 0.2) is 5.76 Å². The molecular formula is C24H32F3NO4. The van der Waals surface area contributed by atoms with E-state index >= 15 is 0 Å². The van der Waals surface area contributed by atoms with Gasteiger partial charge in [0.2, 0.25) is 6.29 Å². The molecule has 0 aromatic heterocycles. The molecule has 0 radical (unpaired) electrons. The Morgan fingerprint density at radius 2 is 1.88 bits per heavy atom. The fourth-order valence-electron chi connectivity index (χ4n) is 4.54. The first-order valence-electron chi connectivity index (χ1n) is 11.4. The van der Waals surface area contributed by atoms with Gasteiger partial charge in [-0.2, -0.15) is 13.2 Å². The van der Waals surface area contributed by atoms with Crippen molar-refractivity contribution in [3.05, 3.63) is 47.2 Å². The summed E-state index contributed by atoms with van der Waals surface area (Å²) in [7, 11) is 0. The summed E-state index contributed by atoms with van der Waals surface area (Å²) >= 11 is 0. The molecule has 0 spiro atoms. The maximum Gasteiger partial charge on any atom is 0.416 e. The van der Waals surface area contributed by atoms with Gasteiger partial charge in [0, 0.05) is 31.1 Å². The Kier molecular flexibility index (Phi) is 8.59. The summed E-state index contributed by atoms with van der Waals surface area (Å²) in [6.45, 7) is 2.16. The van der Waals surface area contributed by atoms with Gasteiger partial charge in [0.05, 0.1) is 5.56 Å². The molecular weight excluding hydrogens is 423 g/mol. The molecule has 1 aromatic rings. The standard InChI is InChI=1S/C24H32F3NO4/c1-2-31-23-19(9-6-14-29)20(16-10-12-17(13-11-16)24(25,26)27)15-21(32-23)22(30)28-18-7-4-3-5-8-18/h10-13,15,18-20,23,29H,2-9,14H2,1H3,(H,28,30)/t19-,20+,23+/m0/s1. The first-order valence-corrected chi connectivity index (χ1v) is 11.4. The van der Waals surface area contributed by atoms with Crippen molar-refractivity contribution in [1.82, 2.24) is 5.32 Å². The number of carbonyl (C=O) groups excluding carboxylic acids is 1. The number of aliphatic hydroxyl groups excluding tert-OH is 1. The Labute approximate surface area is 187 Å². The SMILES string of the molecule is CCO[C@@H]1OC(C(=O)NC2CCCCC2)=C[C@H](c2ccc(C(F)(F)F)cc2)[C@@H]1CCCO. The second-order valence-electron chi connectivity index (χ2n) is 8.46. The number of nitrogens with one attached hydrogen (secondary N) is 1. The molecule has 0 unspecified atom stereocenters. The van der Waals surface area contributed by atoms with Crippen molar-refractivity contribution in [1.29, 1.82) is 0 Å². The van der Waals surface area contributed by atoms with Crippen LogP contribution in [0.2, 0.25) is 0 Å². The molecule has 2 aliphatic rings. The molecule has 178 valence electrons. The number of allylic oxidation sites excluding steroid dienone is 1. The maximum absolute atomic E-state index is 13.0. The van der Waals surface area contributed by atoms with Crippen molar-refractivity contribution < 1.29 is 32.5 Å². The van der Waals surface area contributed by atoms with Crippen molar-refractivity contribution in [2.45, 2.75) is 76.3 Å². The van der Waals surface area contributed by atoms with E-state index < -0.39 is 18.0 Å². The highest BCUT2D eigenvalue weighted by Crippen LogP contribution is 2.40. The Morgan fingerprint density at radius 1 is 1.19 bits per heavy atom. The normalized spacial score (nSPS) is 24.5. The number of benzene rings is 1. The fraction of sp³-hybridized carbons (Fsp3) is 0.625. The lowest BCUT2D eigenvalue weighted by Crippen LogP contribution is -2.42. The Bertz CT molecular complexity index is 772. The first-order chi connectivity index (χ1) is 15.3. The molecule has 1 aliphatic carbocycles. The lowest BCUT2D eigenvalue weighted by molar-refractivity contribution is -0.166. The van der Waals surface area contributed by atoms with E-state index in [2.05, 4.69) is 5.32 Å². The van der Waals surface area contributed by atoms with E-state index in [1.165, 1.54) is 18.6 Å². The molecule has 3 atom stereocenters. The van der Waals surface area contributed by atoms with E-state index in [9.17, 15) is 23.1 Å². The van der Waals surface area contributed by atoms with Crippen molar-refractivity contribution in [2.24, 2.45) is 5.92 Å². The molecule has 1 heterocycles. The van der Waals surface area contributed by atoms with Crippen molar-refractivity contribution in [3.8, 4) is 0 Å². The van der Waals surface area contributed by atoms with E-state index in [1.807, 2.05) is 6.92 Å². The van der Waals surface area contributed by atoms with Gasteiger partial charge in [-0.05, 0) is 56.4 Å². The Morgan fingerprint density at radius 3 is 2.47 bits per heavy atom. The predicted molar refractivity (Wildman–Crippen MR) is 114 cm³/mol. The summed E-state index contributed by atoms with van der Waals surface area (Å²) in [5, 5.41) is 12.4. The van der Waals surface area contributed by atoms with Crippen molar-refractivity contribution in [3.63, 3.8) is 0 Å². The van der Waals surface area contributed by atoms with Crippen LogP contribution in [-0.2, 0) is 20.4 Å². The minimum Gasteiger partial charge on any atom is -0.459 e. The zero-order valence-electron chi connectivity index (χ0n) is 18.4. The Balaban J connectivity index is 1.89. The molecule has 1 amide bonds. The van der Waals surface area contributed by atoms with Crippen LogP contribution in [0.15, 0.2) is 36.1 Å². The molecule has 1 saturated carbocycles. The third-order valence-electron chi connectivity index (χ3n) is 6.20. The minimum atomic E-state index is -4.42. The van der Waals surface area contributed by atoms with Gasteiger partial charge in [0.25, 0.3) is 5.91 Å². The van der Waals surface area contributed by atoms with Gasteiger partial charge in [-0.3, -0.25) is 4.79 Å². The number of halogens is 3. The van der Waals surface area contributed by atoms with E-state index in [1.54, 1.807) is 6.08 Å². The molecule has 3 rings (SSSR count). The molecule has 2 N–H and O–H groups in total. The summed E-state index contributed by atoms with van der Waals surface area (Å²) in [5.74, 6) is -0.801. The van der Waals surface area contributed by atoms with Gasteiger partial charge < -0.3 is 19.9 Å². The van der Waals surface area contributed by atoms with Crippen molar-refractivity contribution >= 4 is 5.91 Å². The average Bonchev–Trinajstić information content (AvgIpc) is 2.78. The van der Waals surface area contributed by atoms with E-state index in [0.717, 1.165) is 37.8 Å². The van der Waals surface area contributed by atoms with Crippen LogP contribution in [0.3, 0.4) is 0 Å². The number of aliphatic hydroxyl groups is 1. The smallest absolute Gasteiger partial charge is 0.416 e. The van der Waals surface area contributed by atoms with Gasteiger partial charge in [-0.15, -0.1) is 0 Å². The summed E-state index contributed by atoms with van der Waals surface area (Å²) in [4.78, 5) is 13.0. The summed E-state index contributed by atoms with van der Waals surface area (Å²) in [6.07, 6.45) is 2.75. The molecule has 5 nitrogen and oxygen atoms in total. The molecule has 1 aromatic carbocycles. The van der Waals surface area contributed by atoms with E-state index in [4.69, 9.17) is 9.47 Å². The number of hydrogen-bond acceptors (Lipinski definition) is 4. The number of hydrogen-bond donors (Lipinski definition) is 2. The van der Waals surface area contributed by atoms with Crippen LogP contribution in [0.4, 0.5) is 13.2 Å². The van der Waals surface area contributed by atoms with Crippen molar-refractivity contribution in [2.75, 3.05) is 13.2 Å². The Hall–Kier alpha value is -2.06. The maximum atomic E-state index is 13.0. The van der Waals surface area contributed by atoms with Crippen LogP contribution in [0.1, 0.15) is 68.9 Å². The highest BCUT2D eigenvalue weighted by molar-refractivity contribution is 5.92. The van der Waals surface area contributed by atoms with E-state index in [-0.39, 0.29) is 36.2 Å². The third kappa shape index (κ3) is 6.25. The molecule has 0 bridgehead atoms. The van der Waals surface area contributed by atoms with E-state index in [0.29, 0.717) is 25.0 Å². The molecule has 1 aliphatic heterocycles. The van der Waals surface area contributed by atoms with Gasteiger partial charge in [0.1, 0.15) is 0 Å². The lowest BCUT2D eigenvalue weighted by Gasteiger charge is -2.37. The van der Waals surface area contributed by atoms with Crippen LogP contribution in [0.5, 0.6) is 0 Å². The van der Waals surface area contributed by atoms with Gasteiger partial charge in [-0.25, -0.2) is 0 Å². The quantitative estimate of drug-likeness (QED) is 0.585. The van der Waals surface area contributed by atoms with Crippen LogP contribution in [0, 0.1) is 5.92 Å². The second-order valence-corrected chi connectivity index (χ2v) is 8.46. The van der Waals surface area contributed by atoms with Crippen LogP contribution in [0.25, 0.3) is 0 Å². The highest BCUT2D eigenvalue weighted by atomic mass is 19.4. The number of alkyl halides is 3. The lowest BCUT2D eigenvalue weighted by atomic mass is 9.80. The van der Waals surface area contributed by atoms with Gasteiger partial charge in [-0.1, -0.05) is 31.4 Å². The van der Waals surface area contributed by atoms with Crippen LogP contribution < -0.4 is 5.32 Å². The van der Waals surface area contributed by atoms with Crippen LogP contribution in [-0.4, -0.2) is 36.6 Å². The number of amides is 1. The minimum absolute atomic E-state index is 0.0200. The second kappa shape index (κ2) is 11.2. The molecule has 8 heteroatoms. The third-order valence-corrected chi connectivity index (χ3v) is 6.20. The summed E-state index contributed by atoms with van der Waals surface area (Å²) in [6, 6.07) is 5.10. The fourth-order valence-corrected chi connectivity index (χ4v) is 4.54. The summed E-state index contributed by atoms with van der Waals surface area (Å²) in [5.41, 5.74) is -0.0715. The number of carbonyl (C=O) groups is 1. The van der Waals surface area contributed by atoms with Gasteiger partial charge >= 0.3 is 6.18 Å². The first kappa shape index (κ1) is 24.6. The number of ether oxygens (including phenoxy) is 2. The average molecular weight is 456 g/mol. The monoisotopic (exact) mass is 455 g/mol. The molecule has 32 heavy (non-hydrogen) atoms. The summed E-state index contributed by atoms with van der Waals surface area (Å²) < 4.78 is 50.8. The van der Waals surface area contributed by atoms with Crippen LogP contribution >= 0.6 is 0 Å². The zero-order valence-corrected chi connectivity index (χ0v) is 18.4.